The van der Waals surface area contributed by atoms with Crippen molar-refractivity contribution in [3.05, 3.63) is 42.0 Å². The van der Waals surface area contributed by atoms with Crippen molar-refractivity contribution < 1.29 is 20.4 Å². The van der Waals surface area contributed by atoms with Crippen LogP contribution in [0.5, 0.6) is 5.75 Å². The monoisotopic (exact) mass is 317 g/mol. The number of hydrogen-bond donors (Lipinski definition) is 0. The van der Waals surface area contributed by atoms with Crippen LogP contribution in [0.3, 0.4) is 0 Å². The van der Waals surface area contributed by atoms with Gasteiger partial charge in [-0.25, -0.2) is 0 Å². The lowest BCUT2D eigenvalue weighted by Crippen LogP contribution is -2.14. The Morgan fingerprint density at radius 3 is 2.52 bits per heavy atom. The summed E-state index contributed by atoms with van der Waals surface area (Å²) < 4.78 is 23.8. The summed E-state index contributed by atoms with van der Waals surface area (Å²) in [5.74, 6) is -1.19. The first-order chi connectivity index (χ1) is 11.5. The van der Waals surface area contributed by atoms with E-state index in [1.807, 2.05) is 30.3 Å². The maximum atomic E-state index is 12.3. The quantitative estimate of drug-likeness (QED) is 0.547. The van der Waals surface area contributed by atoms with Crippen LogP contribution in [0, 0.1) is 0 Å². The molecule has 0 aliphatic rings. The molecule has 0 aromatic heterocycles. The van der Waals surface area contributed by atoms with E-state index in [0.29, 0.717) is 18.8 Å². The third-order valence-electron chi connectivity index (χ3n) is 3.76. The van der Waals surface area contributed by atoms with Crippen molar-refractivity contribution in [2.45, 2.75) is 25.7 Å². The van der Waals surface area contributed by atoms with Crippen molar-refractivity contribution in [2.75, 3.05) is 27.4 Å². The van der Waals surface area contributed by atoms with Crippen LogP contribution >= 0.6 is 0 Å². The van der Waals surface area contributed by atoms with Gasteiger partial charge in [0.1, 0.15) is 5.75 Å². The maximum absolute atomic E-state index is 12.3. The van der Waals surface area contributed by atoms with Crippen LogP contribution in [-0.2, 0) is 14.3 Å². The van der Waals surface area contributed by atoms with Crippen molar-refractivity contribution in [1.29, 1.82) is 0 Å². The Balaban J connectivity index is 2.10. The number of rotatable bonds is 8. The number of carbonyl (C=O) groups is 1. The average molecular weight is 317 g/mol. The topological polar surface area (TPSA) is 44.8 Å². The normalized spacial score (nSPS) is 14.1. The highest BCUT2D eigenvalue weighted by molar-refractivity contribution is 5.86. The van der Waals surface area contributed by atoms with E-state index in [1.165, 1.54) is 0 Å². The van der Waals surface area contributed by atoms with E-state index in [2.05, 4.69) is 0 Å². The number of benzene rings is 2. The van der Waals surface area contributed by atoms with Crippen molar-refractivity contribution in [1.82, 2.24) is 0 Å². The summed E-state index contributed by atoms with van der Waals surface area (Å²) in [5, 5.41) is 1.96. The fraction of sp³-hybridized carbons (Fsp3) is 0.421. The molecule has 4 nitrogen and oxygen atoms in total. The lowest BCUT2D eigenvalue weighted by Gasteiger charge is -2.13. The van der Waals surface area contributed by atoms with Crippen LogP contribution in [0.1, 0.15) is 32.6 Å². The summed E-state index contributed by atoms with van der Waals surface area (Å²) in [6, 6.07) is 11.3. The number of hydrogen-bond acceptors (Lipinski definition) is 4. The summed E-state index contributed by atoms with van der Waals surface area (Å²) in [5.41, 5.74) is 0.613. The fourth-order valence-corrected chi connectivity index (χ4v) is 2.32. The van der Waals surface area contributed by atoms with Crippen LogP contribution in [0.15, 0.2) is 36.4 Å². The van der Waals surface area contributed by atoms with Gasteiger partial charge in [-0.1, -0.05) is 24.3 Å². The van der Waals surface area contributed by atoms with Crippen LogP contribution in [0.2, 0.25) is 0 Å². The Labute approximate surface area is 138 Å². The molecule has 0 unspecified atom stereocenters. The number of unbranched alkanes of at least 4 members (excludes halogenated alkanes) is 1. The molecule has 0 aliphatic carbocycles. The summed E-state index contributed by atoms with van der Waals surface area (Å²) in [6.45, 7) is 2.51. The molecule has 2 aromatic carbocycles. The number of ether oxygens (including phenoxy) is 3. The summed E-state index contributed by atoms with van der Waals surface area (Å²) in [4.78, 5) is 12.3. The van der Waals surface area contributed by atoms with Gasteiger partial charge in [-0.15, -0.1) is 0 Å². The molecule has 0 amide bonds. The molecular weight excluding hydrogens is 292 g/mol. The van der Waals surface area contributed by atoms with Crippen LogP contribution in [0.4, 0.5) is 0 Å². The van der Waals surface area contributed by atoms with Gasteiger partial charge in [-0.2, -0.15) is 0 Å². The second-order valence-electron chi connectivity index (χ2n) is 5.39. The average Bonchev–Trinajstić information content (AvgIpc) is 2.60. The zero-order valence-electron chi connectivity index (χ0n) is 14.9. The minimum atomic E-state index is -1.44. The van der Waals surface area contributed by atoms with Gasteiger partial charge >= 0.3 is 5.97 Å². The Kier molecular flexibility index (Phi) is 5.87. The van der Waals surface area contributed by atoms with E-state index in [-0.39, 0.29) is 0 Å². The molecule has 1 atom stereocenters. The van der Waals surface area contributed by atoms with E-state index in [9.17, 15) is 4.79 Å². The largest absolute Gasteiger partial charge is 0.497 e. The summed E-state index contributed by atoms with van der Waals surface area (Å²) in [7, 11) is 3.27. The molecule has 124 valence electrons. The molecule has 0 aliphatic heterocycles. The van der Waals surface area contributed by atoms with Crippen molar-refractivity contribution in [3.63, 3.8) is 0 Å². The molecule has 0 N–H and O–H groups in total. The third kappa shape index (κ3) is 4.70. The van der Waals surface area contributed by atoms with Crippen molar-refractivity contribution >= 4 is 16.7 Å². The first kappa shape index (κ1) is 15.8. The van der Waals surface area contributed by atoms with Gasteiger partial charge in [0, 0.05) is 15.1 Å². The SMILES string of the molecule is [2H][C@@](C)(C(=O)OCCCCOC)c1ccc2cc(OC)ccc2c1. The molecule has 0 saturated heterocycles. The predicted molar refractivity (Wildman–Crippen MR) is 91.0 cm³/mol. The maximum Gasteiger partial charge on any atom is 0.313 e. The predicted octanol–water partition coefficient (Wildman–Crippen LogP) is 3.92. The zero-order chi connectivity index (χ0) is 17.6. The Morgan fingerprint density at radius 1 is 1.09 bits per heavy atom. The van der Waals surface area contributed by atoms with Gasteiger partial charge in [-0.3, -0.25) is 4.79 Å². The Bertz CT molecular complexity index is 697. The van der Waals surface area contributed by atoms with E-state index < -0.39 is 11.9 Å². The number of fused-ring (bicyclic) bond motifs is 1. The van der Waals surface area contributed by atoms with Gasteiger partial charge in [0.25, 0.3) is 0 Å². The Morgan fingerprint density at radius 2 is 1.78 bits per heavy atom. The zero-order valence-corrected chi connectivity index (χ0v) is 13.9. The number of esters is 1. The van der Waals surface area contributed by atoms with Gasteiger partial charge in [0.2, 0.25) is 0 Å². The van der Waals surface area contributed by atoms with E-state index in [4.69, 9.17) is 15.6 Å². The molecule has 4 heteroatoms. The van der Waals surface area contributed by atoms with E-state index in [1.54, 1.807) is 27.2 Å². The molecule has 2 aromatic rings. The molecular formula is C19H24O4. The molecule has 23 heavy (non-hydrogen) atoms. The molecule has 0 radical (unpaired) electrons. The van der Waals surface area contributed by atoms with Gasteiger partial charge in [0.05, 0.1) is 19.6 Å². The molecule has 0 heterocycles. The van der Waals surface area contributed by atoms with E-state index >= 15 is 0 Å². The van der Waals surface area contributed by atoms with Crippen molar-refractivity contribution in [3.8, 4) is 5.75 Å². The minimum Gasteiger partial charge on any atom is -0.497 e. The van der Waals surface area contributed by atoms with Crippen LogP contribution < -0.4 is 4.74 Å². The molecule has 0 spiro atoms. The van der Waals surface area contributed by atoms with Crippen LogP contribution in [0.25, 0.3) is 10.8 Å². The minimum absolute atomic E-state index is 0.307. The van der Waals surface area contributed by atoms with Gasteiger partial charge in [-0.05, 0) is 48.2 Å². The van der Waals surface area contributed by atoms with Gasteiger partial charge in [0.15, 0.2) is 0 Å². The third-order valence-corrected chi connectivity index (χ3v) is 3.76. The summed E-state index contributed by atoms with van der Waals surface area (Å²) in [6.07, 6.45) is 1.56. The second-order valence-corrected chi connectivity index (χ2v) is 5.39. The fourth-order valence-electron chi connectivity index (χ4n) is 2.32. The highest BCUT2D eigenvalue weighted by Crippen LogP contribution is 2.25. The first-order valence-electron chi connectivity index (χ1n) is 8.23. The van der Waals surface area contributed by atoms with E-state index in [0.717, 1.165) is 29.4 Å². The van der Waals surface area contributed by atoms with Crippen LogP contribution in [-0.4, -0.2) is 33.4 Å². The number of methoxy groups -OCH3 is 2. The highest BCUT2D eigenvalue weighted by atomic mass is 16.5. The highest BCUT2D eigenvalue weighted by Gasteiger charge is 2.17. The number of carbonyl (C=O) groups excluding carboxylic acids is 1. The molecule has 0 bridgehead atoms. The lowest BCUT2D eigenvalue weighted by atomic mass is 9.98. The standard InChI is InChI=1S/C19H24O4/c1-14(19(20)23-11-5-4-10-21-2)15-6-7-17-13-18(22-3)9-8-16(17)12-15/h6-9,12-14H,4-5,10-11H2,1-3H3/t14-/m0/s1/i14D. The molecule has 2 rings (SSSR count). The Hall–Kier alpha value is -2.07. The molecule has 0 fully saturated rings. The lowest BCUT2D eigenvalue weighted by molar-refractivity contribution is -0.145. The molecule has 0 saturated carbocycles. The van der Waals surface area contributed by atoms with Crippen molar-refractivity contribution in [2.24, 2.45) is 0 Å². The first-order valence-corrected chi connectivity index (χ1v) is 7.73. The smallest absolute Gasteiger partial charge is 0.313 e. The van der Waals surface area contributed by atoms with Gasteiger partial charge < -0.3 is 14.2 Å². The second kappa shape index (κ2) is 8.53. The summed E-state index contributed by atoms with van der Waals surface area (Å²) >= 11 is 0.